The van der Waals surface area contributed by atoms with E-state index in [1.165, 1.54) is 0 Å². The molecule has 0 bridgehead atoms. The topological polar surface area (TPSA) is 56.0 Å². The summed E-state index contributed by atoms with van der Waals surface area (Å²) in [6, 6.07) is 1.88. The summed E-state index contributed by atoms with van der Waals surface area (Å²) < 4.78 is 0. The van der Waals surface area contributed by atoms with Gasteiger partial charge in [0.15, 0.2) is 0 Å². The maximum atomic E-state index is 9.56. The fraction of sp³-hybridized carbons (Fsp3) is 0.900. The summed E-state index contributed by atoms with van der Waals surface area (Å²) >= 11 is 0. The summed E-state index contributed by atoms with van der Waals surface area (Å²) in [5.41, 5.74) is 0.136. The molecule has 0 saturated carbocycles. The number of aliphatic hydroxyl groups is 1. The van der Waals surface area contributed by atoms with Crippen LogP contribution in [0.3, 0.4) is 0 Å². The standard InChI is InChI=1S/C10H20N2O/c1-8(6-11)12-7-9(13)5-10(2,3)4/h8-9,12-13H,5,7H2,1-4H3. The van der Waals surface area contributed by atoms with Gasteiger partial charge in [-0.15, -0.1) is 0 Å². The third kappa shape index (κ3) is 7.76. The Balaban J connectivity index is 3.65. The minimum atomic E-state index is -0.365. The lowest BCUT2D eigenvalue weighted by Gasteiger charge is -2.22. The second-order valence-electron chi connectivity index (χ2n) is 4.68. The highest BCUT2D eigenvalue weighted by Gasteiger charge is 2.16. The zero-order valence-electron chi connectivity index (χ0n) is 8.96. The van der Waals surface area contributed by atoms with Gasteiger partial charge in [0, 0.05) is 6.54 Å². The van der Waals surface area contributed by atoms with E-state index in [2.05, 4.69) is 32.2 Å². The average Bonchev–Trinajstić information content (AvgIpc) is 1.97. The summed E-state index contributed by atoms with van der Waals surface area (Å²) in [4.78, 5) is 0. The molecule has 0 rings (SSSR count). The van der Waals surface area contributed by atoms with E-state index in [9.17, 15) is 5.11 Å². The smallest absolute Gasteiger partial charge is 0.0925 e. The highest BCUT2D eigenvalue weighted by atomic mass is 16.3. The first-order chi connectivity index (χ1) is 5.85. The molecular formula is C10H20N2O. The minimum absolute atomic E-state index is 0.136. The van der Waals surface area contributed by atoms with E-state index >= 15 is 0 Å². The van der Waals surface area contributed by atoms with E-state index in [-0.39, 0.29) is 17.6 Å². The second-order valence-corrected chi connectivity index (χ2v) is 4.68. The Kier molecular flexibility index (Phi) is 4.97. The number of nitriles is 1. The predicted molar refractivity (Wildman–Crippen MR) is 53.2 cm³/mol. The highest BCUT2D eigenvalue weighted by Crippen LogP contribution is 2.20. The van der Waals surface area contributed by atoms with Gasteiger partial charge in [-0.3, -0.25) is 5.32 Å². The van der Waals surface area contributed by atoms with Crippen LogP contribution in [-0.2, 0) is 0 Å². The van der Waals surface area contributed by atoms with Gasteiger partial charge in [-0.1, -0.05) is 20.8 Å². The molecule has 0 aliphatic rings. The Labute approximate surface area is 80.8 Å². The highest BCUT2D eigenvalue weighted by molar-refractivity contribution is 4.86. The summed E-state index contributed by atoms with van der Waals surface area (Å²) in [6.45, 7) is 8.54. The lowest BCUT2D eigenvalue weighted by Crippen LogP contribution is -2.34. The molecule has 0 amide bonds. The van der Waals surface area contributed by atoms with E-state index in [1.54, 1.807) is 6.92 Å². The lowest BCUT2D eigenvalue weighted by molar-refractivity contribution is 0.119. The summed E-state index contributed by atoms with van der Waals surface area (Å²) in [5.74, 6) is 0. The molecule has 13 heavy (non-hydrogen) atoms. The number of nitrogens with one attached hydrogen (secondary N) is 1. The van der Waals surface area contributed by atoms with Crippen molar-refractivity contribution in [1.82, 2.24) is 5.32 Å². The zero-order chi connectivity index (χ0) is 10.5. The molecular weight excluding hydrogens is 164 g/mol. The lowest BCUT2D eigenvalue weighted by atomic mass is 9.89. The normalized spacial score (nSPS) is 16.3. The van der Waals surface area contributed by atoms with E-state index in [1.807, 2.05) is 0 Å². The van der Waals surface area contributed by atoms with Gasteiger partial charge >= 0.3 is 0 Å². The van der Waals surface area contributed by atoms with Crippen molar-refractivity contribution >= 4 is 0 Å². The maximum Gasteiger partial charge on any atom is 0.0925 e. The second kappa shape index (κ2) is 5.21. The number of aliphatic hydroxyl groups excluding tert-OH is 1. The third-order valence-corrected chi connectivity index (χ3v) is 1.70. The van der Waals surface area contributed by atoms with Crippen LogP contribution in [0.1, 0.15) is 34.1 Å². The van der Waals surface area contributed by atoms with E-state index in [4.69, 9.17) is 5.26 Å². The minimum Gasteiger partial charge on any atom is -0.392 e. The molecule has 0 aliphatic heterocycles. The van der Waals surface area contributed by atoms with Gasteiger partial charge in [-0.05, 0) is 18.8 Å². The van der Waals surface area contributed by atoms with Gasteiger partial charge in [0.1, 0.15) is 0 Å². The SMILES string of the molecule is CC(C#N)NCC(O)CC(C)(C)C. The summed E-state index contributed by atoms with van der Waals surface area (Å²) in [5, 5.41) is 21.0. The maximum absolute atomic E-state index is 9.56. The first kappa shape index (κ1) is 12.4. The van der Waals surface area contributed by atoms with Crippen molar-refractivity contribution < 1.29 is 5.11 Å². The van der Waals surface area contributed by atoms with Gasteiger partial charge in [-0.25, -0.2) is 0 Å². The van der Waals surface area contributed by atoms with Crippen molar-refractivity contribution in [3.63, 3.8) is 0 Å². The van der Waals surface area contributed by atoms with Crippen molar-refractivity contribution in [2.75, 3.05) is 6.54 Å². The molecule has 0 aromatic heterocycles. The van der Waals surface area contributed by atoms with Crippen molar-refractivity contribution in [2.24, 2.45) is 5.41 Å². The summed E-state index contributed by atoms with van der Waals surface area (Å²) in [6.07, 6.45) is 0.383. The third-order valence-electron chi connectivity index (χ3n) is 1.70. The molecule has 0 aromatic carbocycles. The van der Waals surface area contributed by atoms with E-state index in [0.29, 0.717) is 6.54 Å². The van der Waals surface area contributed by atoms with Crippen LogP contribution in [0.4, 0.5) is 0 Å². The molecule has 0 spiro atoms. The van der Waals surface area contributed by atoms with Crippen LogP contribution in [-0.4, -0.2) is 23.8 Å². The first-order valence-corrected chi connectivity index (χ1v) is 4.66. The van der Waals surface area contributed by atoms with Crippen LogP contribution in [0, 0.1) is 16.7 Å². The van der Waals surface area contributed by atoms with Gasteiger partial charge in [0.05, 0.1) is 18.2 Å². The Morgan fingerprint density at radius 3 is 2.38 bits per heavy atom. The molecule has 2 unspecified atom stereocenters. The Morgan fingerprint density at radius 2 is 2.00 bits per heavy atom. The predicted octanol–water partition coefficient (Wildman–Crippen LogP) is 1.29. The van der Waals surface area contributed by atoms with Crippen LogP contribution in [0.25, 0.3) is 0 Å². The van der Waals surface area contributed by atoms with Gasteiger partial charge in [-0.2, -0.15) is 5.26 Å². The molecule has 0 radical (unpaired) electrons. The fourth-order valence-corrected chi connectivity index (χ4v) is 1.14. The molecule has 2 N–H and O–H groups in total. The molecule has 0 aliphatic carbocycles. The van der Waals surface area contributed by atoms with Crippen LogP contribution in [0.15, 0.2) is 0 Å². The fourth-order valence-electron chi connectivity index (χ4n) is 1.14. The Morgan fingerprint density at radius 1 is 1.46 bits per heavy atom. The van der Waals surface area contributed by atoms with Crippen molar-refractivity contribution in [3.05, 3.63) is 0 Å². The van der Waals surface area contributed by atoms with Gasteiger partial charge in [0.25, 0.3) is 0 Å². The number of hydrogen-bond acceptors (Lipinski definition) is 3. The van der Waals surface area contributed by atoms with E-state index in [0.717, 1.165) is 6.42 Å². The largest absolute Gasteiger partial charge is 0.392 e. The molecule has 3 nitrogen and oxygen atoms in total. The van der Waals surface area contributed by atoms with Gasteiger partial charge in [0.2, 0.25) is 0 Å². The Hall–Kier alpha value is -0.590. The Bertz CT molecular complexity index is 178. The molecule has 0 saturated heterocycles. The first-order valence-electron chi connectivity index (χ1n) is 4.66. The van der Waals surface area contributed by atoms with Crippen molar-refractivity contribution in [1.29, 1.82) is 5.26 Å². The van der Waals surface area contributed by atoms with E-state index < -0.39 is 0 Å². The molecule has 0 fully saturated rings. The van der Waals surface area contributed by atoms with Gasteiger partial charge < -0.3 is 5.11 Å². The number of hydrogen-bond donors (Lipinski definition) is 2. The molecule has 0 heterocycles. The summed E-state index contributed by atoms with van der Waals surface area (Å²) in [7, 11) is 0. The molecule has 2 atom stereocenters. The monoisotopic (exact) mass is 184 g/mol. The molecule has 0 aromatic rings. The van der Waals surface area contributed by atoms with Crippen LogP contribution < -0.4 is 5.32 Å². The average molecular weight is 184 g/mol. The number of nitrogens with zero attached hydrogens (tertiary/aromatic N) is 1. The molecule has 76 valence electrons. The van der Waals surface area contributed by atoms with Crippen molar-refractivity contribution in [2.45, 2.75) is 46.3 Å². The zero-order valence-corrected chi connectivity index (χ0v) is 8.96. The number of rotatable bonds is 4. The van der Waals surface area contributed by atoms with Crippen LogP contribution in [0.5, 0.6) is 0 Å². The van der Waals surface area contributed by atoms with Crippen LogP contribution in [0.2, 0.25) is 0 Å². The molecule has 3 heteroatoms. The van der Waals surface area contributed by atoms with Crippen molar-refractivity contribution in [3.8, 4) is 6.07 Å². The quantitative estimate of drug-likeness (QED) is 0.692. The van der Waals surface area contributed by atoms with Crippen LogP contribution >= 0.6 is 0 Å².